The van der Waals surface area contributed by atoms with Crippen LogP contribution in [0, 0.1) is 0 Å². The average molecular weight is 357 g/mol. The molecule has 3 heterocycles. The van der Waals surface area contributed by atoms with E-state index in [0.717, 1.165) is 25.8 Å². The van der Waals surface area contributed by atoms with Crippen LogP contribution in [0.5, 0.6) is 0 Å². The summed E-state index contributed by atoms with van der Waals surface area (Å²) in [6, 6.07) is 11.8. The zero-order chi connectivity index (χ0) is 15.6. The molecule has 0 spiro atoms. The fourth-order valence-corrected chi connectivity index (χ4v) is 4.63. The molecule has 1 amide bonds. The molecule has 7 heteroatoms. The summed E-state index contributed by atoms with van der Waals surface area (Å²) in [5.41, 5.74) is 1.73. The van der Waals surface area contributed by atoms with Crippen molar-refractivity contribution in [3.05, 3.63) is 57.9 Å². The van der Waals surface area contributed by atoms with E-state index in [1.165, 1.54) is 11.3 Å². The minimum atomic E-state index is -0.156. The van der Waals surface area contributed by atoms with Gasteiger partial charge in [-0.25, -0.2) is 9.97 Å². The van der Waals surface area contributed by atoms with Crippen LogP contribution in [0.1, 0.15) is 15.5 Å². The number of hydrogen-bond donors (Lipinski definition) is 1. The molecule has 0 atom stereocenters. The second-order valence-corrected chi connectivity index (χ2v) is 7.63. The zero-order valence-electron chi connectivity index (χ0n) is 11.9. The second-order valence-electron chi connectivity index (χ2n) is 4.79. The Balaban J connectivity index is 1.45. The van der Waals surface area contributed by atoms with Gasteiger partial charge in [-0.15, -0.1) is 34.0 Å². The first kappa shape index (κ1) is 14.5. The topological polar surface area (TPSA) is 54.9 Å². The summed E-state index contributed by atoms with van der Waals surface area (Å²) in [4.78, 5) is 22.3. The highest BCUT2D eigenvalue weighted by molar-refractivity contribution is 7.20. The number of para-hydroxylation sites is 1. The number of benzene rings is 1. The van der Waals surface area contributed by atoms with Crippen molar-refractivity contribution in [2.75, 3.05) is 0 Å². The lowest BCUT2D eigenvalue weighted by Crippen LogP contribution is -2.22. The Kier molecular flexibility index (Phi) is 3.90. The van der Waals surface area contributed by atoms with E-state index in [9.17, 15) is 4.79 Å². The normalized spacial score (nSPS) is 11.0. The predicted molar refractivity (Wildman–Crippen MR) is 96.2 cm³/mol. The van der Waals surface area contributed by atoms with Crippen LogP contribution in [0.2, 0.25) is 0 Å². The van der Waals surface area contributed by atoms with Gasteiger partial charge in [0.25, 0.3) is 5.91 Å². The maximum atomic E-state index is 12.2. The van der Waals surface area contributed by atoms with E-state index in [4.69, 9.17) is 0 Å². The number of nitrogens with one attached hydrogen (secondary N) is 1. The van der Waals surface area contributed by atoms with Crippen LogP contribution in [0.15, 0.2) is 47.2 Å². The van der Waals surface area contributed by atoms with E-state index in [2.05, 4.69) is 15.3 Å². The molecule has 114 valence electrons. The van der Waals surface area contributed by atoms with Gasteiger partial charge >= 0.3 is 0 Å². The van der Waals surface area contributed by atoms with Crippen LogP contribution in [0.3, 0.4) is 0 Å². The fourth-order valence-electron chi connectivity index (χ4n) is 2.12. The number of rotatable bonds is 4. The third kappa shape index (κ3) is 3.03. The van der Waals surface area contributed by atoms with E-state index in [1.807, 2.05) is 47.2 Å². The Morgan fingerprint density at radius 3 is 2.83 bits per heavy atom. The summed E-state index contributed by atoms with van der Waals surface area (Å²) in [5.74, 6) is -0.156. The van der Waals surface area contributed by atoms with E-state index < -0.39 is 0 Å². The highest BCUT2D eigenvalue weighted by Gasteiger charge is 2.12. The third-order valence-electron chi connectivity index (χ3n) is 3.20. The SMILES string of the molecule is O=C(NCc1csc(-c2cccs2)n1)c1nc2ccccc2s1. The molecule has 1 N–H and O–H groups in total. The molecule has 23 heavy (non-hydrogen) atoms. The van der Waals surface area contributed by atoms with Gasteiger partial charge in [-0.3, -0.25) is 4.79 Å². The van der Waals surface area contributed by atoms with Crippen LogP contribution in [0.25, 0.3) is 20.1 Å². The Morgan fingerprint density at radius 1 is 1.09 bits per heavy atom. The molecular formula is C16H11N3OS3. The second kappa shape index (κ2) is 6.19. The monoisotopic (exact) mass is 357 g/mol. The number of thiophene rings is 1. The maximum Gasteiger partial charge on any atom is 0.280 e. The molecule has 1 aromatic carbocycles. The van der Waals surface area contributed by atoms with Crippen molar-refractivity contribution in [2.45, 2.75) is 6.54 Å². The van der Waals surface area contributed by atoms with Gasteiger partial charge in [0.1, 0.15) is 5.01 Å². The standard InChI is InChI=1S/C16H11N3OS3/c20-14(16-19-11-4-1-2-5-12(11)23-16)17-8-10-9-22-15(18-10)13-6-3-7-21-13/h1-7,9H,8H2,(H,17,20). The molecule has 4 nitrogen and oxygen atoms in total. The molecule has 0 saturated carbocycles. The van der Waals surface area contributed by atoms with E-state index in [1.54, 1.807) is 22.7 Å². The van der Waals surface area contributed by atoms with Gasteiger partial charge in [0, 0.05) is 5.38 Å². The molecular weight excluding hydrogens is 346 g/mol. The highest BCUT2D eigenvalue weighted by atomic mass is 32.1. The summed E-state index contributed by atoms with van der Waals surface area (Å²) in [7, 11) is 0. The molecule has 0 radical (unpaired) electrons. The van der Waals surface area contributed by atoms with Crippen molar-refractivity contribution in [1.82, 2.24) is 15.3 Å². The van der Waals surface area contributed by atoms with Crippen molar-refractivity contribution in [2.24, 2.45) is 0 Å². The number of nitrogens with zero attached hydrogens (tertiary/aromatic N) is 2. The molecule has 0 fully saturated rings. The lowest BCUT2D eigenvalue weighted by molar-refractivity contribution is 0.0950. The third-order valence-corrected chi connectivity index (χ3v) is 6.17. The van der Waals surface area contributed by atoms with Crippen LogP contribution >= 0.6 is 34.0 Å². The number of amides is 1. The van der Waals surface area contributed by atoms with Gasteiger partial charge in [0.15, 0.2) is 5.01 Å². The number of hydrogen-bond acceptors (Lipinski definition) is 6. The average Bonchev–Trinajstić information content (AvgIpc) is 3.31. The summed E-state index contributed by atoms with van der Waals surface area (Å²) in [5, 5.41) is 8.38. The summed E-state index contributed by atoms with van der Waals surface area (Å²) < 4.78 is 1.02. The number of carbonyl (C=O) groups excluding carboxylic acids is 1. The van der Waals surface area contributed by atoms with Crippen LogP contribution < -0.4 is 5.32 Å². The van der Waals surface area contributed by atoms with E-state index in [0.29, 0.717) is 11.6 Å². The Hall–Kier alpha value is -2.09. The minimum Gasteiger partial charge on any atom is -0.344 e. The van der Waals surface area contributed by atoms with Crippen molar-refractivity contribution < 1.29 is 4.79 Å². The largest absolute Gasteiger partial charge is 0.344 e. The van der Waals surface area contributed by atoms with Gasteiger partial charge in [0.05, 0.1) is 27.3 Å². The number of carbonyl (C=O) groups is 1. The number of fused-ring (bicyclic) bond motifs is 1. The fraction of sp³-hybridized carbons (Fsp3) is 0.0625. The van der Waals surface area contributed by atoms with Crippen molar-refractivity contribution in [3.8, 4) is 9.88 Å². The molecule has 3 aromatic heterocycles. The van der Waals surface area contributed by atoms with Crippen LogP contribution in [-0.2, 0) is 6.54 Å². The lowest BCUT2D eigenvalue weighted by Gasteiger charge is -1.99. The lowest BCUT2D eigenvalue weighted by atomic mass is 10.3. The van der Waals surface area contributed by atoms with Crippen LogP contribution in [-0.4, -0.2) is 15.9 Å². The van der Waals surface area contributed by atoms with Gasteiger partial charge in [-0.05, 0) is 23.6 Å². The zero-order valence-corrected chi connectivity index (χ0v) is 14.3. The Bertz CT molecular complexity index is 923. The number of thiazole rings is 2. The molecule has 0 unspecified atom stereocenters. The van der Waals surface area contributed by atoms with Crippen molar-refractivity contribution in [1.29, 1.82) is 0 Å². The molecule has 4 rings (SSSR count). The van der Waals surface area contributed by atoms with E-state index >= 15 is 0 Å². The van der Waals surface area contributed by atoms with Gasteiger partial charge < -0.3 is 5.32 Å². The van der Waals surface area contributed by atoms with Gasteiger partial charge in [0.2, 0.25) is 0 Å². The van der Waals surface area contributed by atoms with Crippen LogP contribution in [0.4, 0.5) is 0 Å². The number of aromatic nitrogens is 2. The van der Waals surface area contributed by atoms with E-state index in [-0.39, 0.29) is 5.91 Å². The van der Waals surface area contributed by atoms with Gasteiger partial charge in [-0.1, -0.05) is 18.2 Å². The first-order valence-corrected chi connectivity index (χ1v) is 9.49. The molecule has 0 bridgehead atoms. The molecule has 0 aliphatic rings. The Morgan fingerprint density at radius 2 is 2.00 bits per heavy atom. The summed E-state index contributed by atoms with van der Waals surface area (Å²) in [6.07, 6.45) is 0. The summed E-state index contributed by atoms with van der Waals surface area (Å²) in [6.45, 7) is 0.413. The first-order chi connectivity index (χ1) is 11.3. The highest BCUT2D eigenvalue weighted by Crippen LogP contribution is 2.27. The molecule has 0 aliphatic carbocycles. The maximum absolute atomic E-state index is 12.2. The molecule has 0 aliphatic heterocycles. The predicted octanol–water partition coefficient (Wildman–Crippen LogP) is 4.41. The molecule has 0 saturated heterocycles. The van der Waals surface area contributed by atoms with Crippen molar-refractivity contribution >= 4 is 50.1 Å². The summed E-state index contributed by atoms with van der Waals surface area (Å²) >= 11 is 4.66. The van der Waals surface area contributed by atoms with Gasteiger partial charge in [-0.2, -0.15) is 0 Å². The minimum absolute atomic E-state index is 0.156. The quantitative estimate of drug-likeness (QED) is 0.588. The smallest absolute Gasteiger partial charge is 0.280 e. The first-order valence-electron chi connectivity index (χ1n) is 6.91. The van der Waals surface area contributed by atoms with Crippen molar-refractivity contribution in [3.63, 3.8) is 0 Å². The Labute approximate surface area is 144 Å². The molecule has 4 aromatic rings.